The largest absolute Gasteiger partial charge is 0.468 e. The van der Waals surface area contributed by atoms with Crippen LogP contribution in [0.4, 0.5) is 4.39 Å². The molecular weight excluding hydrogens is 371 g/mol. The molecule has 1 aromatic heterocycles. The van der Waals surface area contributed by atoms with Crippen molar-refractivity contribution in [3.05, 3.63) is 59.8 Å². The summed E-state index contributed by atoms with van der Waals surface area (Å²) in [7, 11) is 1.65. The van der Waals surface area contributed by atoms with Gasteiger partial charge in [-0.2, -0.15) is 0 Å². The number of hydrogen-bond donors (Lipinski definition) is 2. The minimum Gasteiger partial charge on any atom is -0.468 e. The lowest BCUT2D eigenvalue weighted by molar-refractivity contribution is 0.106. The second-order valence-electron chi connectivity index (χ2n) is 7.15. The molecule has 2 N–H and O–H groups in total. The Balaban J connectivity index is 1.65. The molecule has 2 aromatic rings. The standard InChI is InChI=1S/C22H31FN4O2/c1-3-24-22(26-16-21(28-2)17-8-10-18(23)11-9-17)25-15-19(20-7-6-14-29-20)27-12-4-5-13-27/h6-11,14,19,21H,3-5,12-13,15-16H2,1-2H3,(H2,24,25,26). The number of likely N-dealkylation sites (tertiary alicyclic amines) is 1. The van der Waals surface area contributed by atoms with Crippen molar-refractivity contribution in [2.24, 2.45) is 4.99 Å². The van der Waals surface area contributed by atoms with E-state index in [9.17, 15) is 4.39 Å². The summed E-state index contributed by atoms with van der Waals surface area (Å²) in [5.41, 5.74) is 0.919. The molecule has 2 atom stereocenters. The van der Waals surface area contributed by atoms with Crippen LogP contribution in [0.15, 0.2) is 52.1 Å². The Morgan fingerprint density at radius 3 is 2.59 bits per heavy atom. The van der Waals surface area contributed by atoms with Crippen LogP contribution in [0.5, 0.6) is 0 Å². The van der Waals surface area contributed by atoms with Crippen LogP contribution in [0.2, 0.25) is 0 Å². The number of guanidine groups is 1. The number of nitrogens with zero attached hydrogens (tertiary/aromatic N) is 2. The summed E-state index contributed by atoms with van der Waals surface area (Å²) in [6, 6.07) is 10.5. The number of halogens is 1. The molecule has 0 aliphatic carbocycles. The van der Waals surface area contributed by atoms with Gasteiger partial charge in [0.15, 0.2) is 5.96 Å². The second-order valence-corrected chi connectivity index (χ2v) is 7.15. The Morgan fingerprint density at radius 1 is 1.21 bits per heavy atom. The topological polar surface area (TPSA) is 62.0 Å². The third kappa shape index (κ3) is 6.05. The van der Waals surface area contributed by atoms with E-state index >= 15 is 0 Å². The average Bonchev–Trinajstić information content (AvgIpc) is 3.44. The highest BCUT2D eigenvalue weighted by atomic mass is 19.1. The molecule has 1 aromatic carbocycles. The summed E-state index contributed by atoms with van der Waals surface area (Å²) >= 11 is 0. The summed E-state index contributed by atoms with van der Waals surface area (Å²) in [5.74, 6) is 1.43. The zero-order valence-electron chi connectivity index (χ0n) is 17.2. The molecule has 1 fully saturated rings. The van der Waals surface area contributed by atoms with Crippen LogP contribution < -0.4 is 10.6 Å². The van der Waals surface area contributed by atoms with E-state index in [4.69, 9.17) is 14.1 Å². The lowest BCUT2D eigenvalue weighted by Gasteiger charge is -2.25. The molecule has 2 unspecified atom stereocenters. The van der Waals surface area contributed by atoms with Crippen LogP contribution in [0, 0.1) is 5.82 Å². The fourth-order valence-corrected chi connectivity index (χ4v) is 3.64. The van der Waals surface area contributed by atoms with Crippen molar-refractivity contribution in [3.8, 4) is 0 Å². The zero-order valence-corrected chi connectivity index (χ0v) is 17.2. The number of hydrogen-bond acceptors (Lipinski definition) is 4. The summed E-state index contributed by atoms with van der Waals surface area (Å²) in [6.07, 6.45) is 3.95. The van der Waals surface area contributed by atoms with Gasteiger partial charge in [-0.05, 0) is 62.7 Å². The Labute approximate surface area is 172 Å². The lowest BCUT2D eigenvalue weighted by atomic mass is 10.1. The van der Waals surface area contributed by atoms with Crippen LogP contribution in [0.25, 0.3) is 0 Å². The molecule has 7 heteroatoms. The average molecular weight is 403 g/mol. The first-order chi connectivity index (χ1) is 14.2. The molecule has 2 heterocycles. The van der Waals surface area contributed by atoms with E-state index in [-0.39, 0.29) is 18.0 Å². The van der Waals surface area contributed by atoms with Gasteiger partial charge < -0.3 is 19.8 Å². The van der Waals surface area contributed by atoms with Crippen molar-refractivity contribution in [1.29, 1.82) is 0 Å². The molecule has 0 spiro atoms. The molecule has 158 valence electrons. The number of benzene rings is 1. The van der Waals surface area contributed by atoms with E-state index in [1.165, 1.54) is 25.0 Å². The van der Waals surface area contributed by atoms with Crippen molar-refractivity contribution in [2.75, 3.05) is 39.8 Å². The van der Waals surface area contributed by atoms with Crippen LogP contribution >= 0.6 is 0 Å². The van der Waals surface area contributed by atoms with Gasteiger partial charge in [-0.3, -0.25) is 9.89 Å². The fraction of sp³-hybridized carbons (Fsp3) is 0.500. The van der Waals surface area contributed by atoms with Crippen LogP contribution in [-0.4, -0.2) is 50.7 Å². The number of methoxy groups -OCH3 is 1. The van der Waals surface area contributed by atoms with Gasteiger partial charge in [-0.1, -0.05) is 12.1 Å². The molecule has 0 saturated carbocycles. The maximum Gasteiger partial charge on any atom is 0.191 e. The first-order valence-electron chi connectivity index (χ1n) is 10.3. The SMILES string of the molecule is CCNC(=NCC(c1ccco1)N1CCCC1)NCC(OC)c1ccc(F)cc1. The van der Waals surface area contributed by atoms with Crippen LogP contribution in [-0.2, 0) is 4.74 Å². The maximum absolute atomic E-state index is 13.2. The third-order valence-corrected chi connectivity index (χ3v) is 5.20. The quantitative estimate of drug-likeness (QED) is 0.497. The van der Waals surface area contributed by atoms with Gasteiger partial charge in [-0.15, -0.1) is 0 Å². The molecular formula is C22H31FN4O2. The summed E-state index contributed by atoms with van der Waals surface area (Å²) in [4.78, 5) is 7.24. The number of nitrogens with one attached hydrogen (secondary N) is 2. The van der Waals surface area contributed by atoms with Gasteiger partial charge in [-0.25, -0.2) is 4.39 Å². The number of rotatable bonds is 9. The minimum absolute atomic E-state index is 0.137. The third-order valence-electron chi connectivity index (χ3n) is 5.20. The summed E-state index contributed by atoms with van der Waals surface area (Å²) in [5, 5.41) is 6.64. The van der Waals surface area contributed by atoms with Crippen molar-refractivity contribution in [2.45, 2.75) is 31.9 Å². The van der Waals surface area contributed by atoms with E-state index in [2.05, 4.69) is 15.5 Å². The molecule has 1 aliphatic rings. The summed E-state index contributed by atoms with van der Waals surface area (Å²) in [6.45, 7) is 6.08. The van der Waals surface area contributed by atoms with Crippen molar-refractivity contribution < 1.29 is 13.5 Å². The number of ether oxygens (including phenoxy) is 1. The van der Waals surface area contributed by atoms with Crippen molar-refractivity contribution >= 4 is 5.96 Å². The van der Waals surface area contributed by atoms with E-state index in [0.717, 1.165) is 36.9 Å². The van der Waals surface area contributed by atoms with Gasteiger partial charge in [0.2, 0.25) is 0 Å². The Hall–Kier alpha value is -2.38. The normalized spacial score (nSPS) is 17.3. The molecule has 0 bridgehead atoms. The number of aliphatic imine (C=N–C) groups is 1. The molecule has 6 nitrogen and oxygen atoms in total. The van der Waals surface area contributed by atoms with E-state index in [0.29, 0.717) is 13.1 Å². The van der Waals surface area contributed by atoms with E-state index < -0.39 is 0 Å². The fourth-order valence-electron chi connectivity index (χ4n) is 3.64. The highest BCUT2D eigenvalue weighted by molar-refractivity contribution is 5.79. The lowest BCUT2D eigenvalue weighted by Crippen LogP contribution is -2.40. The smallest absolute Gasteiger partial charge is 0.191 e. The highest BCUT2D eigenvalue weighted by Crippen LogP contribution is 2.25. The predicted octanol–water partition coefficient (Wildman–Crippen LogP) is 3.50. The highest BCUT2D eigenvalue weighted by Gasteiger charge is 2.25. The zero-order chi connectivity index (χ0) is 20.5. The molecule has 0 amide bonds. The monoisotopic (exact) mass is 402 g/mol. The van der Waals surface area contributed by atoms with Gasteiger partial charge in [0.05, 0.1) is 25.0 Å². The number of furan rings is 1. The maximum atomic E-state index is 13.2. The van der Waals surface area contributed by atoms with Gasteiger partial charge in [0.25, 0.3) is 0 Å². The van der Waals surface area contributed by atoms with Crippen LogP contribution in [0.1, 0.15) is 43.2 Å². The van der Waals surface area contributed by atoms with Crippen molar-refractivity contribution in [1.82, 2.24) is 15.5 Å². The minimum atomic E-state index is -0.252. The Bertz CT molecular complexity index is 743. The van der Waals surface area contributed by atoms with Crippen molar-refractivity contribution in [3.63, 3.8) is 0 Å². The molecule has 3 rings (SSSR count). The van der Waals surface area contributed by atoms with Gasteiger partial charge in [0, 0.05) is 20.2 Å². The van der Waals surface area contributed by atoms with Gasteiger partial charge >= 0.3 is 0 Å². The first kappa shape index (κ1) is 21.3. The Kier molecular flexibility index (Phi) is 8.07. The molecule has 1 aliphatic heterocycles. The summed E-state index contributed by atoms with van der Waals surface area (Å²) < 4.78 is 24.5. The molecule has 1 saturated heterocycles. The predicted molar refractivity (Wildman–Crippen MR) is 112 cm³/mol. The first-order valence-corrected chi connectivity index (χ1v) is 10.3. The van der Waals surface area contributed by atoms with Crippen LogP contribution in [0.3, 0.4) is 0 Å². The molecule has 0 radical (unpaired) electrons. The second kappa shape index (κ2) is 11.0. The van der Waals surface area contributed by atoms with E-state index in [1.54, 1.807) is 25.5 Å². The Morgan fingerprint density at radius 2 is 1.97 bits per heavy atom. The van der Waals surface area contributed by atoms with E-state index in [1.807, 2.05) is 19.1 Å². The van der Waals surface area contributed by atoms with Gasteiger partial charge in [0.1, 0.15) is 11.6 Å². The molecule has 29 heavy (non-hydrogen) atoms.